The van der Waals surface area contributed by atoms with Gasteiger partial charge in [-0.05, 0) is 45.0 Å². The van der Waals surface area contributed by atoms with Crippen LogP contribution in [0.3, 0.4) is 0 Å². The highest BCUT2D eigenvalue weighted by atomic mass is 32.2. The van der Waals surface area contributed by atoms with Gasteiger partial charge >= 0.3 is 6.09 Å². The van der Waals surface area contributed by atoms with Crippen molar-refractivity contribution in [2.24, 2.45) is 5.14 Å². The first-order valence-corrected chi connectivity index (χ1v) is 8.67. The quantitative estimate of drug-likeness (QED) is 0.635. The van der Waals surface area contributed by atoms with Crippen LogP contribution in [0.25, 0.3) is 0 Å². The molecule has 0 saturated heterocycles. The predicted molar refractivity (Wildman–Crippen MR) is 84.6 cm³/mol. The summed E-state index contributed by atoms with van der Waals surface area (Å²) in [5.41, 5.74) is 0.560. The molecule has 1 rings (SSSR count). The number of hydrogen-bond acceptors (Lipinski definition) is 4. The Morgan fingerprint density at radius 3 is 1.91 bits per heavy atom. The lowest BCUT2D eigenvalue weighted by Crippen LogP contribution is -2.62. The van der Waals surface area contributed by atoms with Crippen molar-refractivity contribution >= 4 is 21.8 Å². The number of amides is 1. The molecular weight excluding hydrogens is 306 g/mol. The van der Waals surface area contributed by atoms with Gasteiger partial charge in [0.05, 0.1) is 31.6 Å². The molecular formula is C14H24N3O4S+. The first kappa shape index (κ1) is 18.4. The second kappa shape index (κ2) is 7.08. The van der Waals surface area contributed by atoms with Gasteiger partial charge in [-0.3, -0.25) is 0 Å². The van der Waals surface area contributed by atoms with Crippen LogP contribution in [0.5, 0.6) is 0 Å². The van der Waals surface area contributed by atoms with Crippen LogP contribution in [0.4, 0.5) is 10.5 Å². The molecule has 0 fully saturated rings. The first-order chi connectivity index (χ1) is 10.3. The van der Waals surface area contributed by atoms with Crippen LogP contribution in [0.1, 0.15) is 20.8 Å². The Balaban J connectivity index is 3.38. The van der Waals surface area contributed by atoms with E-state index in [0.29, 0.717) is 29.9 Å². The largest absolute Gasteiger partial charge is 0.459 e. The summed E-state index contributed by atoms with van der Waals surface area (Å²) in [6, 6.07) is 5.89. The maximum atomic E-state index is 12.3. The van der Waals surface area contributed by atoms with Crippen molar-refractivity contribution in [3.05, 3.63) is 24.3 Å². The molecule has 1 aromatic rings. The van der Waals surface area contributed by atoms with Crippen LogP contribution in [0, 0.1) is 0 Å². The van der Waals surface area contributed by atoms with E-state index in [-0.39, 0.29) is 4.90 Å². The smallest absolute Gasteiger partial charge is 0.449 e. The molecule has 0 spiro atoms. The van der Waals surface area contributed by atoms with E-state index < -0.39 is 16.1 Å². The first-order valence-electron chi connectivity index (χ1n) is 7.13. The maximum absolute atomic E-state index is 12.3. The lowest BCUT2D eigenvalue weighted by molar-refractivity contribution is -0.925. The normalized spacial score (nSPS) is 12.0. The molecule has 0 atom stereocenters. The predicted octanol–water partition coefficient (Wildman–Crippen LogP) is 1.70. The highest BCUT2D eigenvalue weighted by Crippen LogP contribution is 2.25. The van der Waals surface area contributed by atoms with Gasteiger partial charge in [-0.15, -0.1) is 5.01 Å². The number of quaternary nitrogens is 1. The van der Waals surface area contributed by atoms with Crippen molar-refractivity contribution in [2.75, 3.05) is 31.8 Å². The second-order valence-electron chi connectivity index (χ2n) is 4.86. The molecule has 0 saturated carbocycles. The van der Waals surface area contributed by atoms with Crippen LogP contribution in [0.15, 0.2) is 29.2 Å². The number of nitrogens with two attached hydrogens (primary N) is 1. The van der Waals surface area contributed by atoms with E-state index in [1.165, 1.54) is 24.3 Å². The van der Waals surface area contributed by atoms with Gasteiger partial charge in [-0.2, -0.15) is 0 Å². The summed E-state index contributed by atoms with van der Waals surface area (Å²) in [7, 11) is -2.44. The standard InChI is InChI=1S/C14H24N3O4S/c1-5-17(6-2,7-3)16(14(18)21-4)12-8-10-13(11-9-12)22(15,19)20/h8-11H,5-7H2,1-4H3,(H2,15,19,20)/q+1. The number of benzene rings is 1. The molecule has 0 heterocycles. The molecule has 2 N–H and O–H groups in total. The number of carbonyl (C=O) groups excluding carboxylic acids is 1. The number of primary sulfonamides is 1. The molecule has 0 aliphatic carbocycles. The van der Waals surface area contributed by atoms with E-state index in [0.717, 1.165) is 0 Å². The third kappa shape index (κ3) is 3.57. The van der Waals surface area contributed by atoms with Crippen molar-refractivity contribution in [3.63, 3.8) is 0 Å². The number of ether oxygens (including phenoxy) is 1. The fourth-order valence-electron chi connectivity index (χ4n) is 2.48. The number of sulfonamides is 1. The highest BCUT2D eigenvalue weighted by molar-refractivity contribution is 7.89. The van der Waals surface area contributed by atoms with E-state index in [1.807, 2.05) is 20.8 Å². The summed E-state index contributed by atoms with van der Waals surface area (Å²) in [5.74, 6) is 0. The van der Waals surface area contributed by atoms with Crippen LogP contribution >= 0.6 is 0 Å². The van der Waals surface area contributed by atoms with E-state index in [2.05, 4.69) is 0 Å². The molecule has 0 aliphatic heterocycles. The number of carbonyl (C=O) groups is 1. The molecule has 0 radical (unpaired) electrons. The van der Waals surface area contributed by atoms with Gasteiger partial charge in [0.1, 0.15) is 5.69 Å². The maximum Gasteiger partial charge on any atom is 0.459 e. The van der Waals surface area contributed by atoms with E-state index in [9.17, 15) is 13.2 Å². The Bertz CT molecular complexity index is 601. The van der Waals surface area contributed by atoms with Gasteiger partial charge in [-0.1, -0.05) is 0 Å². The molecule has 0 aromatic heterocycles. The zero-order chi connectivity index (χ0) is 17.0. The van der Waals surface area contributed by atoms with Crippen molar-refractivity contribution in [1.29, 1.82) is 0 Å². The van der Waals surface area contributed by atoms with Crippen molar-refractivity contribution in [1.82, 2.24) is 0 Å². The lowest BCUT2D eigenvalue weighted by Gasteiger charge is -2.42. The fraction of sp³-hybridized carbons (Fsp3) is 0.500. The number of nitrogens with zero attached hydrogens (tertiary/aromatic N) is 2. The zero-order valence-corrected chi connectivity index (χ0v) is 14.3. The molecule has 0 unspecified atom stereocenters. The average molecular weight is 330 g/mol. The van der Waals surface area contributed by atoms with Crippen molar-refractivity contribution < 1.29 is 22.5 Å². The fourth-order valence-corrected chi connectivity index (χ4v) is 3.00. The number of anilines is 1. The molecule has 7 nitrogen and oxygen atoms in total. The minimum Gasteiger partial charge on any atom is -0.449 e. The summed E-state index contributed by atoms with van der Waals surface area (Å²) in [6.07, 6.45) is -0.492. The lowest BCUT2D eigenvalue weighted by atomic mass is 10.3. The summed E-state index contributed by atoms with van der Waals surface area (Å²) in [4.78, 5) is 12.3. The van der Waals surface area contributed by atoms with Crippen molar-refractivity contribution in [3.8, 4) is 0 Å². The number of methoxy groups -OCH3 is 1. The topological polar surface area (TPSA) is 89.7 Å². The molecule has 124 valence electrons. The van der Waals surface area contributed by atoms with Crippen LogP contribution < -0.4 is 10.1 Å². The molecule has 8 heteroatoms. The molecule has 1 amide bonds. The average Bonchev–Trinajstić information content (AvgIpc) is 2.51. The van der Waals surface area contributed by atoms with E-state index >= 15 is 0 Å². The van der Waals surface area contributed by atoms with Gasteiger partial charge in [0.2, 0.25) is 10.0 Å². The van der Waals surface area contributed by atoms with E-state index in [4.69, 9.17) is 9.88 Å². The second-order valence-corrected chi connectivity index (χ2v) is 6.43. The van der Waals surface area contributed by atoms with Crippen LogP contribution in [0.2, 0.25) is 0 Å². The van der Waals surface area contributed by atoms with Gasteiger partial charge in [-0.25, -0.2) is 22.9 Å². The molecule has 1 aromatic carbocycles. The zero-order valence-electron chi connectivity index (χ0n) is 13.4. The summed E-state index contributed by atoms with van der Waals surface area (Å²) in [5, 5.41) is 6.63. The van der Waals surface area contributed by atoms with Gasteiger partial charge in [0, 0.05) is 0 Å². The third-order valence-electron chi connectivity index (χ3n) is 3.95. The number of rotatable bonds is 6. The molecule has 0 bridgehead atoms. The van der Waals surface area contributed by atoms with Crippen LogP contribution in [-0.4, -0.2) is 45.8 Å². The summed E-state index contributed by atoms with van der Waals surface area (Å²) < 4.78 is 28.0. The molecule has 22 heavy (non-hydrogen) atoms. The third-order valence-corrected chi connectivity index (χ3v) is 4.88. The van der Waals surface area contributed by atoms with Crippen molar-refractivity contribution in [2.45, 2.75) is 25.7 Å². The SMILES string of the molecule is CC[N+](CC)(CC)N(C(=O)OC)c1ccc(S(N)(=O)=O)cc1. The minimum absolute atomic E-state index is 0.00339. The Morgan fingerprint density at radius 1 is 1.14 bits per heavy atom. The highest BCUT2D eigenvalue weighted by Gasteiger charge is 2.37. The summed E-state index contributed by atoms with van der Waals surface area (Å²) in [6.45, 7) is 8.04. The minimum atomic E-state index is -3.76. The summed E-state index contributed by atoms with van der Waals surface area (Å²) >= 11 is 0. The van der Waals surface area contributed by atoms with E-state index in [1.54, 1.807) is 12.1 Å². The monoisotopic (exact) mass is 330 g/mol. The Kier molecular flexibility index (Phi) is 5.92. The van der Waals surface area contributed by atoms with Gasteiger partial charge < -0.3 is 4.74 Å². The Hall–Kier alpha value is -1.64. The van der Waals surface area contributed by atoms with Gasteiger partial charge in [0.15, 0.2) is 0 Å². The molecule has 0 aliphatic rings. The number of hydrogen-bond donors (Lipinski definition) is 1. The van der Waals surface area contributed by atoms with Crippen LogP contribution in [-0.2, 0) is 14.8 Å². The Morgan fingerprint density at radius 2 is 1.59 bits per heavy atom. The van der Waals surface area contributed by atoms with Gasteiger partial charge in [0.25, 0.3) is 0 Å². The Labute approximate surface area is 131 Å².